The van der Waals surface area contributed by atoms with Gasteiger partial charge in [-0.25, -0.2) is 0 Å². The highest BCUT2D eigenvalue weighted by molar-refractivity contribution is 7.97. The van der Waals surface area contributed by atoms with Crippen LogP contribution in [-0.2, 0) is 16.3 Å². The van der Waals surface area contributed by atoms with E-state index in [9.17, 15) is 10.1 Å². The summed E-state index contributed by atoms with van der Waals surface area (Å²) in [7, 11) is 0. The largest absolute Gasteiger partial charge is 0.384 e. The molecule has 2 N–H and O–H groups in total. The Morgan fingerprint density at radius 2 is 1.80 bits per heavy atom. The molecule has 6 heteroatoms. The molecular weight excluding hydrogens is 534 g/mol. The minimum atomic E-state index is -0.503. The molecule has 0 radical (unpaired) electrons. The van der Waals surface area contributed by atoms with E-state index in [1.54, 1.807) is 0 Å². The number of nitrogens with two attached hydrogens (primary N) is 1. The summed E-state index contributed by atoms with van der Waals surface area (Å²) in [6.45, 7) is 8.41. The number of thioether (sulfide) groups is 1. The van der Waals surface area contributed by atoms with E-state index in [0.717, 1.165) is 39.6 Å². The molecule has 40 heavy (non-hydrogen) atoms. The number of nitriles is 1. The first kappa shape index (κ1) is 28.1. The molecule has 204 valence electrons. The molecule has 0 saturated carbocycles. The lowest BCUT2D eigenvalue weighted by atomic mass is 9.68. The Hall–Kier alpha value is -3.46. The number of hydrogen-bond acceptors (Lipinski definition) is 5. The topological polar surface area (TPSA) is 70.1 Å². The molecule has 3 aromatic carbocycles. The molecule has 0 spiro atoms. The maximum atomic E-state index is 14.0. The number of hydrogen-bond donors (Lipinski definition) is 1. The number of benzene rings is 3. The second kappa shape index (κ2) is 11.2. The highest BCUT2D eigenvalue weighted by Gasteiger charge is 2.45. The molecular formula is C34H34ClN3OS. The summed E-state index contributed by atoms with van der Waals surface area (Å²) in [6, 6.07) is 24.6. The van der Waals surface area contributed by atoms with Gasteiger partial charge in [0.05, 0.1) is 17.6 Å². The molecule has 3 aromatic rings. The molecule has 1 unspecified atom stereocenters. The summed E-state index contributed by atoms with van der Waals surface area (Å²) >= 11 is 8.23. The van der Waals surface area contributed by atoms with Gasteiger partial charge >= 0.3 is 0 Å². The van der Waals surface area contributed by atoms with Crippen LogP contribution in [0.2, 0.25) is 5.02 Å². The summed E-state index contributed by atoms with van der Waals surface area (Å²) in [5.41, 5.74) is 15.0. The average molecular weight is 568 g/mol. The molecule has 1 atom stereocenters. The number of halogens is 1. The van der Waals surface area contributed by atoms with Crippen LogP contribution < -0.4 is 10.6 Å². The maximum absolute atomic E-state index is 14.0. The van der Waals surface area contributed by atoms with Crippen LogP contribution in [0.25, 0.3) is 0 Å². The third-order valence-corrected chi connectivity index (χ3v) is 9.11. The zero-order valence-electron chi connectivity index (χ0n) is 23.4. The number of rotatable bonds is 6. The normalized spacial score (nSPS) is 18.6. The number of allylic oxidation sites excluding steroid dienone is 3. The van der Waals surface area contributed by atoms with Crippen molar-refractivity contribution in [2.45, 2.75) is 58.0 Å². The van der Waals surface area contributed by atoms with Crippen molar-refractivity contribution >= 4 is 34.8 Å². The van der Waals surface area contributed by atoms with Crippen molar-refractivity contribution in [2.24, 2.45) is 11.1 Å². The van der Waals surface area contributed by atoms with E-state index in [1.807, 2.05) is 47.0 Å². The van der Waals surface area contributed by atoms with E-state index in [-0.39, 0.29) is 11.2 Å². The first-order chi connectivity index (χ1) is 19.1. The van der Waals surface area contributed by atoms with Gasteiger partial charge in [0.2, 0.25) is 0 Å². The van der Waals surface area contributed by atoms with Crippen LogP contribution in [0.3, 0.4) is 0 Å². The Morgan fingerprint density at radius 3 is 2.50 bits per heavy atom. The lowest BCUT2D eigenvalue weighted by Gasteiger charge is -2.44. The van der Waals surface area contributed by atoms with E-state index in [1.165, 1.54) is 11.1 Å². The van der Waals surface area contributed by atoms with Crippen molar-refractivity contribution in [1.82, 2.24) is 0 Å². The molecule has 2 aliphatic rings. The Bertz CT molecular complexity index is 1580. The number of ketones is 1. The first-order valence-corrected chi connectivity index (χ1v) is 15.1. The molecule has 5 rings (SSSR count). The SMILES string of the molecule is Cc1cc(CSCc2ccccc2)c(C)c(C2C(C#N)=C(N)N(c3cccc(Cl)c3)C3=C2C(=O)CC(C)(C)C3)c1. The van der Waals surface area contributed by atoms with E-state index >= 15 is 0 Å². The fourth-order valence-corrected chi connectivity index (χ4v) is 7.23. The van der Waals surface area contributed by atoms with Crippen molar-refractivity contribution in [1.29, 1.82) is 5.26 Å². The molecule has 1 aliphatic heterocycles. The minimum absolute atomic E-state index is 0.0736. The van der Waals surface area contributed by atoms with Gasteiger partial charge in [-0.15, -0.1) is 0 Å². The van der Waals surface area contributed by atoms with Crippen LogP contribution in [-0.4, -0.2) is 5.78 Å². The first-order valence-electron chi connectivity index (χ1n) is 13.5. The highest BCUT2D eigenvalue weighted by Crippen LogP contribution is 2.51. The minimum Gasteiger partial charge on any atom is -0.384 e. The summed E-state index contributed by atoms with van der Waals surface area (Å²) in [5.74, 6) is 1.69. The number of carbonyl (C=O) groups excluding carboxylic acids is 1. The van der Waals surface area contributed by atoms with Crippen LogP contribution in [0.1, 0.15) is 60.4 Å². The van der Waals surface area contributed by atoms with Crippen LogP contribution in [0, 0.1) is 30.6 Å². The Labute approximate surface area is 246 Å². The van der Waals surface area contributed by atoms with Crippen molar-refractivity contribution in [3.8, 4) is 6.07 Å². The monoisotopic (exact) mass is 567 g/mol. The zero-order valence-corrected chi connectivity index (χ0v) is 25.0. The van der Waals surface area contributed by atoms with Gasteiger partial charge in [0.25, 0.3) is 0 Å². The number of nitrogens with zero attached hydrogens (tertiary/aromatic N) is 2. The van der Waals surface area contributed by atoms with Crippen molar-refractivity contribution in [3.63, 3.8) is 0 Å². The lowest BCUT2D eigenvalue weighted by molar-refractivity contribution is -0.118. The van der Waals surface area contributed by atoms with Crippen LogP contribution in [0.15, 0.2) is 89.4 Å². The third-order valence-electron chi connectivity index (χ3n) is 7.83. The summed E-state index contributed by atoms with van der Waals surface area (Å²) < 4.78 is 0. The molecule has 1 heterocycles. The van der Waals surface area contributed by atoms with Gasteiger partial charge in [0.1, 0.15) is 5.82 Å². The predicted octanol–water partition coefficient (Wildman–Crippen LogP) is 8.33. The number of anilines is 1. The number of aryl methyl sites for hydroxylation is 1. The lowest BCUT2D eigenvalue weighted by Crippen LogP contribution is -2.42. The second-order valence-electron chi connectivity index (χ2n) is 11.6. The van der Waals surface area contributed by atoms with E-state index in [2.05, 4.69) is 70.2 Å². The number of Topliss-reactive ketones (excluding diaryl/α,β-unsaturated/α-hetero) is 1. The van der Waals surface area contributed by atoms with Gasteiger partial charge in [-0.05, 0) is 66.1 Å². The van der Waals surface area contributed by atoms with Gasteiger partial charge in [0.15, 0.2) is 5.78 Å². The van der Waals surface area contributed by atoms with Crippen molar-refractivity contribution in [2.75, 3.05) is 4.90 Å². The Kier molecular flexibility index (Phi) is 7.86. The fraction of sp³-hybridized carbons (Fsp3) is 0.294. The molecule has 0 saturated heterocycles. The molecule has 0 fully saturated rings. The predicted molar refractivity (Wildman–Crippen MR) is 166 cm³/mol. The maximum Gasteiger partial charge on any atom is 0.162 e. The Balaban J connectivity index is 1.63. The number of carbonyl (C=O) groups is 1. The highest BCUT2D eigenvalue weighted by atomic mass is 35.5. The summed E-state index contributed by atoms with van der Waals surface area (Å²) in [6.07, 6.45) is 1.09. The smallest absolute Gasteiger partial charge is 0.162 e. The molecule has 0 bridgehead atoms. The summed E-state index contributed by atoms with van der Waals surface area (Å²) in [4.78, 5) is 15.8. The van der Waals surface area contributed by atoms with Gasteiger partial charge in [0, 0.05) is 39.9 Å². The van der Waals surface area contributed by atoms with E-state index in [4.69, 9.17) is 17.3 Å². The standard InChI is InChI=1S/C34H34ClN3OS/c1-21-13-24(20-40-19-23-9-6-5-7-10-23)22(2)27(14-21)31-28(18-36)33(37)38(26-12-8-11-25(35)15-26)29-16-34(3,4)17-30(39)32(29)31/h5-15,31H,16-17,19-20,37H2,1-4H3. The fourth-order valence-electron chi connectivity index (χ4n) is 6.00. The third kappa shape index (κ3) is 5.44. The van der Waals surface area contributed by atoms with Gasteiger partial charge < -0.3 is 5.73 Å². The molecule has 0 aromatic heterocycles. The van der Waals surface area contributed by atoms with Gasteiger partial charge in [-0.1, -0.05) is 79.5 Å². The van der Waals surface area contributed by atoms with Gasteiger partial charge in [-0.2, -0.15) is 17.0 Å². The van der Waals surface area contributed by atoms with Crippen LogP contribution in [0.4, 0.5) is 5.69 Å². The van der Waals surface area contributed by atoms with E-state index < -0.39 is 5.92 Å². The van der Waals surface area contributed by atoms with E-state index in [0.29, 0.717) is 34.8 Å². The quantitative estimate of drug-likeness (QED) is 0.324. The van der Waals surface area contributed by atoms with Crippen molar-refractivity contribution in [3.05, 3.63) is 122 Å². The Morgan fingerprint density at radius 1 is 1.05 bits per heavy atom. The molecule has 0 amide bonds. The average Bonchev–Trinajstić information content (AvgIpc) is 2.90. The second-order valence-corrected chi connectivity index (χ2v) is 13.0. The summed E-state index contributed by atoms with van der Waals surface area (Å²) in [5, 5.41) is 11.1. The molecule has 4 nitrogen and oxygen atoms in total. The van der Waals surface area contributed by atoms with Crippen molar-refractivity contribution < 1.29 is 4.79 Å². The van der Waals surface area contributed by atoms with Gasteiger partial charge in [-0.3, -0.25) is 9.69 Å². The van der Waals surface area contributed by atoms with Crippen LogP contribution >= 0.6 is 23.4 Å². The molecule has 1 aliphatic carbocycles. The van der Waals surface area contributed by atoms with Crippen LogP contribution in [0.5, 0.6) is 0 Å². The zero-order chi connectivity index (χ0) is 28.6.